The number of hydrogen-bond acceptors (Lipinski definition) is 5. The van der Waals surface area contributed by atoms with Gasteiger partial charge in [0.15, 0.2) is 0 Å². The van der Waals surface area contributed by atoms with E-state index < -0.39 is 0 Å². The number of aliphatic hydroxyl groups is 1. The van der Waals surface area contributed by atoms with E-state index in [4.69, 9.17) is 4.84 Å². The van der Waals surface area contributed by atoms with Crippen LogP contribution in [0.2, 0.25) is 0 Å². The summed E-state index contributed by atoms with van der Waals surface area (Å²) in [6.45, 7) is 6.60. The van der Waals surface area contributed by atoms with Crippen LogP contribution in [-0.4, -0.2) is 43.4 Å². The highest BCUT2D eigenvalue weighted by atomic mass is 35.5. The molecule has 5 nitrogen and oxygen atoms in total. The third kappa shape index (κ3) is 3.95. The normalized spacial score (nSPS) is 44.1. The molecule has 2 N–H and O–H groups in total. The van der Waals surface area contributed by atoms with E-state index in [9.17, 15) is 9.90 Å². The number of ketones is 1. The second kappa shape index (κ2) is 9.46. The maximum atomic E-state index is 12.6. The van der Waals surface area contributed by atoms with Gasteiger partial charge in [-0.1, -0.05) is 19.0 Å². The fourth-order valence-electron chi connectivity index (χ4n) is 7.81. The van der Waals surface area contributed by atoms with Crippen molar-refractivity contribution in [2.24, 2.45) is 45.6 Å². The first-order chi connectivity index (χ1) is 13.9. The smallest absolute Gasteiger partial charge is 0.139 e. The molecule has 4 rings (SSSR count). The van der Waals surface area contributed by atoms with Crippen molar-refractivity contribution in [2.45, 2.75) is 71.6 Å². The molecular formula is C24H41ClN2O3. The van der Waals surface area contributed by atoms with Crippen molar-refractivity contribution in [2.75, 3.05) is 26.8 Å². The summed E-state index contributed by atoms with van der Waals surface area (Å²) in [5, 5.41) is 17.9. The van der Waals surface area contributed by atoms with Gasteiger partial charge in [-0.2, -0.15) is 0 Å². The highest BCUT2D eigenvalue weighted by Gasteiger charge is 2.61. The van der Waals surface area contributed by atoms with E-state index in [2.05, 4.69) is 24.3 Å². The average Bonchev–Trinajstić information content (AvgIpc) is 3.02. The summed E-state index contributed by atoms with van der Waals surface area (Å²) in [6.07, 6.45) is 9.28. The fraction of sp³-hybridized carbons (Fsp3) is 0.917. The molecule has 7 atom stereocenters. The lowest BCUT2D eigenvalue weighted by atomic mass is 9.43. The molecule has 30 heavy (non-hydrogen) atoms. The number of nitrogens with one attached hydrogen (secondary N) is 1. The molecule has 0 aromatic carbocycles. The monoisotopic (exact) mass is 440 g/mol. The number of hydrogen-bond donors (Lipinski definition) is 2. The van der Waals surface area contributed by atoms with Crippen LogP contribution < -0.4 is 5.32 Å². The van der Waals surface area contributed by atoms with Gasteiger partial charge in [-0.15, -0.1) is 12.4 Å². The van der Waals surface area contributed by atoms with Gasteiger partial charge in [0.05, 0.1) is 5.71 Å². The molecule has 0 saturated heterocycles. The molecule has 172 valence electrons. The first-order valence-corrected chi connectivity index (χ1v) is 11.9. The van der Waals surface area contributed by atoms with E-state index in [1.807, 2.05) is 7.05 Å². The number of Topliss-reactive ketones (excluding diaryl/α,β-unsaturated/α-hetero) is 1. The maximum absolute atomic E-state index is 12.6. The van der Waals surface area contributed by atoms with Crippen molar-refractivity contribution in [3.63, 3.8) is 0 Å². The molecule has 4 aliphatic carbocycles. The highest BCUT2D eigenvalue weighted by molar-refractivity contribution is 5.87. The molecule has 0 aromatic heterocycles. The van der Waals surface area contributed by atoms with Crippen LogP contribution in [0.1, 0.15) is 71.6 Å². The molecule has 0 amide bonds. The number of carbonyl (C=O) groups excluding carboxylic acids is 1. The molecule has 6 heteroatoms. The zero-order valence-corrected chi connectivity index (χ0v) is 19.8. The van der Waals surface area contributed by atoms with Crippen LogP contribution in [0.25, 0.3) is 0 Å². The van der Waals surface area contributed by atoms with E-state index in [1.54, 1.807) is 0 Å². The zero-order chi connectivity index (χ0) is 20.6. The van der Waals surface area contributed by atoms with Gasteiger partial charge in [-0.3, -0.25) is 4.79 Å². The van der Waals surface area contributed by atoms with Gasteiger partial charge in [0.2, 0.25) is 0 Å². The van der Waals surface area contributed by atoms with Gasteiger partial charge < -0.3 is 15.3 Å². The van der Waals surface area contributed by atoms with E-state index in [0.29, 0.717) is 42.0 Å². The Morgan fingerprint density at radius 3 is 2.70 bits per heavy atom. The number of halogens is 1. The van der Waals surface area contributed by atoms with Crippen LogP contribution >= 0.6 is 12.4 Å². The minimum Gasteiger partial charge on any atom is -0.396 e. The van der Waals surface area contributed by atoms with E-state index in [0.717, 1.165) is 57.9 Å². The lowest BCUT2D eigenvalue weighted by molar-refractivity contribution is -0.145. The minimum atomic E-state index is -0.0904. The Balaban J connectivity index is 0.00000256. The molecule has 0 heterocycles. The quantitative estimate of drug-likeness (QED) is 0.479. The summed E-state index contributed by atoms with van der Waals surface area (Å²) < 4.78 is 0. The summed E-state index contributed by atoms with van der Waals surface area (Å²) in [6, 6.07) is 0. The van der Waals surface area contributed by atoms with Crippen LogP contribution in [0.3, 0.4) is 0 Å². The summed E-state index contributed by atoms with van der Waals surface area (Å²) >= 11 is 0. The minimum absolute atomic E-state index is 0. The zero-order valence-electron chi connectivity index (χ0n) is 19.0. The van der Waals surface area contributed by atoms with Gasteiger partial charge >= 0.3 is 0 Å². The number of oxime groups is 1. The van der Waals surface area contributed by atoms with Gasteiger partial charge in [0.1, 0.15) is 12.4 Å². The molecule has 4 fully saturated rings. The Morgan fingerprint density at radius 2 is 1.97 bits per heavy atom. The number of nitrogens with zero attached hydrogens (tertiary/aromatic N) is 1. The van der Waals surface area contributed by atoms with Crippen molar-refractivity contribution < 1.29 is 14.7 Å². The summed E-state index contributed by atoms with van der Waals surface area (Å²) in [4.78, 5) is 18.2. The summed E-state index contributed by atoms with van der Waals surface area (Å²) in [7, 11) is 1.95. The topological polar surface area (TPSA) is 70.9 Å². The van der Waals surface area contributed by atoms with Gasteiger partial charge in [-0.05, 0) is 100.0 Å². The molecule has 0 aliphatic heterocycles. The van der Waals surface area contributed by atoms with Crippen molar-refractivity contribution in [3.8, 4) is 0 Å². The van der Waals surface area contributed by atoms with E-state index in [1.165, 1.54) is 12.1 Å². The Kier molecular flexibility index (Phi) is 7.57. The van der Waals surface area contributed by atoms with Crippen molar-refractivity contribution >= 4 is 23.9 Å². The highest BCUT2D eigenvalue weighted by Crippen LogP contribution is 2.66. The SMILES string of the molecule is CNCCCO/N=C1\CC[C@@]2(C)[C@H](C1)[C@@H](CO)C[C@@H]1[C@@H]2CC[C@]2(C)C(=O)CC[C@@H]12.Cl. The molecular weight excluding hydrogens is 400 g/mol. The van der Waals surface area contributed by atoms with Gasteiger partial charge in [0.25, 0.3) is 0 Å². The fourth-order valence-corrected chi connectivity index (χ4v) is 7.81. The molecule has 4 aliphatic rings. The van der Waals surface area contributed by atoms with E-state index >= 15 is 0 Å². The summed E-state index contributed by atoms with van der Waals surface area (Å²) in [5.74, 6) is 3.15. The van der Waals surface area contributed by atoms with Crippen molar-refractivity contribution in [1.82, 2.24) is 5.32 Å². The van der Waals surface area contributed by atoms with Gasteiger partial charge in [-0.25, -0.2) is 0 Å². The van der Waals surface area contributed by atoms with Crippen molar-refractivity contribution in [3.05, 3.63) is 0 Å². The number of aliphatic hydroxyl groups excluding tert-OH is 1. The van der Waals surface area contributed by atoms with Crippen molar-refractivity contribution in [1.29, 1.82) is 0 Å². The largest absolute Gasteiger partial charge is 0.396 e. The van der Waals surface area contributed by atoms with Crippen LogP contribution in [0.5, 0.6) is 0 Å². The molecule has 0 aromatic rings. The van der Waals surface area contributed by atoms with Crippen LogP contribution in [0.15, 0.2) is 5.16 Å². The molecule has 0 bridgehead atoms. The molecule has 0 radical (unpaired) electrons. The van der Waals surface area contributed by atoms with Crippen LogP contribution in [0, 0.1) is 40.4 Å². The lowest BCUT2D eigenvalue weighted by Crippen LogP contribution is -2.56. The van der Waals surface area contributed by atoms with Gasteiger partial charge in [0, 0.05) is 18.4 Å². The Hall–Kier alpha value is -0.650. The predicted octanol–water partition coefficient (Wildman–Crippen LogP) is 4.22. The molecule has 0 spiro atoms. The van der Waals surface area contributed by atoms with Crippen LogP contribution in [-0.2, 0) is 9.63 Å². The average molecular weight is 441 g/mol. The third-order valence-electron chi connectivity index (χ3n) is 9.48. The Morgan fingerprint density at radius 1 is 1.17 bits per heavy atom. The second-order valence-corrected chi connectivity index (χ2v) is 10.7. The second-order valence-electron chi connectivity index (χ2n) is 10.7. The van der Waals surface area contributed by atoms with Crippen LogP contribution in [0.4, 0.5) is 0 Å². The lowest BCUT2D eigenvalue weighted by Gasteiger charge is -2.61. The van der Waals surface area contributed by atoms with E-state index in [-0.39, 0.29) is 29.8 Å². The molecule has 0 unspecified atom stereocenters. The number of fused-ring (bicyclic) bond motifs is 5. The predicted molar refractivity (Wildman–Crippen MR) is 122 cm³/mol. The Bertz CT molecular complexity index is 656. The molecule has 4 saturated carbocycles. The standard InChI is InChI=1S/C24H40N2O3.ClH/c1-23-9-7-17(26-29-12-4-11-25-3)14-21(23)16(15-27)13-18-19-5-6-22(28)24(19,2)10-8-20(18)23;/h16,18-21,25,27H,4-15H2,1-3H3;1H/b26-17+;/t16-,18+,19+,20+,21-,23-,24+;/m1./s1. The first-order valence-electron chi connectivity index (χ1n) is 11.9. The summed E-state index contributed by atoms with van der Waals surface area (Å²) in [5.41, 5.74) is 1.35. The Labute approximate surface area is 188 Å². The number of rotatable bonds is 6. The third-order valence-corrected chi connectivity index (χ3v) is 9.48. The maximum Gasteiger partial charge on any atom is 0.139 e. The first kappa shape index (κ1) is 24.0. The number of carbonyl (C=O) groups is 1.